The van der Waals surface area contributed by atoms with Crippen molar-refractivity contribution < 1.29 is 29.0 Å². The summed E-state index contributed by atoms with van der Waals surface area (Å²) in [5.41, 5.74) is 0.695. The summed E-state index contributed by atoms with van der Waals surface area (Å²) in [6, 6.07) is 24.9. The van der Waals surface area contributed by atoms with Gasteiger partial charge in [-0.05, 0) is 67.0 Å². The number of para-hydroxylation sites is 1. The summed E-state index contributed by atoms with van der Waals surface area (Å²) in [5.74, 6) is -4.77. The number of nitrogens with zero attached hydrogens (tertiary/aromatic N) is 2. The number of ether oxygens (including phenoxy) is 1. The summed E-state index contributed by atoms with van der Waals surface area (Å²) >= 11 is 7.88. The van der Waals surface area contributed by atoms with Crippen LogP contribution in [0.1, 0.15) is 41.7 Å². The Hall–Kier alpha value is -4.73. The van der Waals surface area contributed by atoms with Crippen LogP contribution in [0.4, 0.5) is 5.69 Å². The molecular weight excluding hydrogens is 660 g/mol. The number of hydrogen-bond acceptors (Lipinski definition) is 7. The molecule has 2 aliphatic carbocycles. The minimum Gasteiger partial charge on any atom is -0.504 e. The number of aromatic hydroxyl groups is 1. The molecule has 8 nitrogen and oxygen atoms in total. The van der Waals surface area contributed by atoms with Crippen molar-refractivity contribution in [2.45, 2.75) is 37.6 Å². The fourth-order valence-electron chi connectivity index (χ4n) is 8.91. The zero-order valence-electron chi connectivity index (χ0n) is 26.6. The first-order valence-electron chi connectivity index (χ1n) is 16.5. The lowest BCUT2D eigenvalue weighted by Gasteiger charge is -2.50. The second kappa shape index (κ2) is 12.0. The average Bonchev–Trinajstić information content (AvgIpc) is 3.77. The van der Waals surface area contributed by atoms with Gasteiger partial charge in [0.25, 0.3) is 0 Å². The van der Waals surface area contributed by atoms with Gasteiger partial charge in [-0.3, -0.25) is 24.1 Å². The minimum absolute atomic E-state index is 0.123. The van der Waals surface area contributed by atoms with E-state index in [9.17, 15) is 19.5 Å². The maximum Gasteiger partial charge on any atom is 0.246 e. The van der Waals surface area contributed by atoms with Gasteiger partial charge in [-0.2, -0.15) is 0 Å². The largest absolute Gasteiger partial charge is 0.504 e. The molecule has 0 spiro atoms. The molecule has 0 radical (unpaired) electrons. The van der Waals surface area contributed by atoms with Crippen molar-refractivity contribution in [2.75, 3.05) is 11.5 Å². The molecule has 248 valence electrons. The summed E-state index contributed by atoms with van der Waals surface area (Å²) in [6.45, 7) is 2.32. The first-order valence-corrected chi connectivity index (χ1v) is 17.7. The second-order valence-electron chi connectivity index (χ2n) is 13.1. The number of imide groups is 2. The molecule has 0 bridgehead atoms. The van der Waals surface area contributed by atoms with Crippen LogP contribution in [0.5, 0.6) is 11.5 Å². The Morgan fingerprint density at radius 2 is 1.71 bits per heavy atom. The van der Waals surface area contributed by atoms with Crippen molar-refractivity contribution in [1.29, 1.82) is 0 Å². The molecule has 10 heteroatoms. The van der Waals surface area contributed by atoms with E-state index in [0.29, 0.717) is 34.9 Å². The molecule has 3 fully saturated rings. The van der Waals surface area contributed by atoms with Crippen molar-refractivity contribution in [3.63, 3.8) is 0 Å². The molecule has 8 rings (SSSR count). The van der Waals surface area contributed by atoms with E-state index < -0.39 is 46.8 Å². The quantitative estimate of drug-likeness (QED) is 0.168. The van der Waals surface area contributed by atoms with Crippen LogP contribution in [0.2, 0.25) is 5.02 Å². The molecule has 6 atom stereocenters. The third kappa shape index (κ3) is 4.62. The van der Waals surface area contributed by atoms with E-state index >= 15 is 4.79 Å². The zero-order chi connectivity index (χ0) is 34.0. The van der Waals surface area contributed by atoms with Crippen LogP contribution in [0.15, 0.2) is 102 Å². The van der Waals surface area contributed by atoms with Crippen LogP contribution in [0.3, 0.4) is 0 Å². The van der Waals surface area contributed by atoms with Crippen molar-refractivity contribution >= 4 is 52.3 Å². The van der Waals surface area contributed by atoms with Gasteiger partial charge in [0.15, 0.2) is 11.5 Å². The van der Waals surface area contributed by atoms with Crippen LogP contribution < -0.4 is 9.64 Å². The van der Waals surface area contributed by atoms with Crippen molar-refractivity contribution in [1.82, 2.24) is 4.90 Å². The molecule has 4 aromatic rings. The predicted molar refractivity (Wildman–Crippen MR) is 185 cm³/mol. The molecule has 1 aromatic heterocycles. The predicted octanol–water partition coefficient (Wildman–Crippen LogP) is 6.87. The molecule has 3 heterocycles. The van der Waals surface area contributed by atoms with Gasteiger partial charge in [0.1, 0.15) is 0 Å². The Morgan fingerprint density at radius 3 is 2.45 bits per heavy atom. The van der Waals surface area contributed by atoms with E-state index in [1.807, 2.05) is 60.8 Å². The lowest BCUT2D eigenvalue weighted by atomic mass is 9.49. The monoisotopic (exact) mass is 692 g/mol. The lowest BCUT2D eigenvalue weighted by molar-refractivity contribution is -0.141. The van der Waals surface area contributed by atoms with Gasteiger partial charge in [-0.15, -0.1) is 11.3 Å². The van der Waals surface area contributed by atoms with Gasteiger partial charge in [-0.25, -0.2) is 4.90 Å². The molecule has 1 saturated carbocycles. The fraction of sp³-hybridized carbons (Fsp3) is 0.282. The number of rotatable bonds is 7. The van der Waals surface area contributed by atoms with Crippen LogP contribution in [0, 0.1) is 23.7 Å². The maximum atomic E-state index is 15.3. The maximum absolute atomic E-state index is 15.3. The second-order valence-corrected chi connectivity index (χ2v) is 14.5. The first kappa shape index (κ1) is 31.5. The van der Waals surface area contributed by atoms with Crippen molar-refractivity contribution in [3.05, 3.63) is 123 Å². The molecule has 1 N–H and O–H groups in total. The lowest BCUT2D eigenvalue weighted by Crippen LogP contribution is -2.53. The number of hydrogen-bond donors (Lipinski definition) is 1. The number of carbonyl (C=O) groups excluding carboxylic acids is 4. The van der Waals surface area contributed by atoms with Gasteiger partial charge in [0, 0.05) is 21.4 Å². The summed E-state index contributed by atoms with van der Waals surface area (Å²) < 4.78 is 5.82. The van der Waals surface area contributed by atoms with Gasteiger partial charge < -0.3 is 9.84 Å². The molecular formula is C39H33ClN2O6S. The number of phenolic OH excluding ortho intramolecular Hbond substituents is 1. The molecule has 2 saturated heterocycles. The van der Waals surface area contributed by atoms with Crippen molar-refractivity contribution in [3.8, 4) is 11.5 Å². The highest BCUT2D eigenvalue weighted by molar-refractivity contribution is 7.09. The normalized spacial score (nSPS) is 27.6. The minimum atomic E-state index is -1.49. The average molecular weight is 693 g/mol. The summed E-state index contributed by atoms with van der Waals surface area (Å²) in [6.07, 6.45) is 2.47. The highest BCUT2D eigenvalue weighted by atomic mass is 35.5. The molecule has 49 heavy (non-hydrogen) atoms. The van der Waals surface area contributed by atoms with E-state index in [1.54, 1.807) is 42.5 Å². The molecule has 4 amide bonds. The van der Waals surface area contributed by atoms with Gasteiger partial charge >= 0.3 is 0 Å². The number of carbonyl (C=O) groups is 4. The Kier molecular flexibility index (Phi) is 7.72. The van der Waals surface area contributed by atoms with E-state index in [2.05, 4.69) is 0 Å². The topological polar surface area (TPSA) is 104 Å². The van der Waals surface area contributed by atoms with E-state index in [-0.39, 0.29) is 36.3 Å². The smallest absolute Gasteiger partial charge is 0.246 e. The Bertz CT molecular complexity index is 2030. The number of amides is 4. The number of benzene rings is 3. The van der Waals surface area contributed by atoms with Gasteiger partial charge in [0.05, 0.1) is 42.0 Å². The highest BCUT2D eigenvalue weighted by Gasteiger charge is 2.70. The van der Waals surface area contributed by atoms with Crippen molar-refractivity contribution in [2.24, 2.45) is 23.7 Å². The van der Waals surface area contributed by atoms with E-state index in [0.717, 1.165) is 10.5 Å². The molecule has 4 aliphatic rings. The van der Waals surface area contributed by atoms with E-state index in [1.165, 1.54) is 21.1 Å². The number of likely N-dealkylation sites (tertiary alicyclic amines) is 1. The summed E-state index contributed by atoms with van der Waals surface area (Å²) in [7, 11) is 0. The number of allylic oxidation sites excluding steroid dienone is 2. The Morgan fingerprint density at radius 1 is 0.918 bits per heavy atom. The molecule has 3 aromatic carbocycles. The van der Waals surface area contributed by atoms with Crippen LogP contribution in [-0.4, -0.2) is 40.2 Å². The fourth-order valence-corrected chi connectivity index (χ4v) is 9.79. The third-order valence-corrected chi connectivity index (χ3v) is 11.9. The van der Waals surface area contributed by atoms with Crippen LogP contribution in [0.25, 0.3) is 0 Å². The third-order valence-electron chi connectivity index (χ3n) is 10.8. The summed E-state index contributed by atoms with van der Waals surface area (Å²) in [4.78, 5) is 61.9. The molecule has 0 unspecified atom stereocenters. The Balaban J connectivity index is 1.36. The Labute approximate surface area is 292 Å². The van der Waals surface area contributed by atoms with Gasteiger partial charge in [-0.1, -0.05) is 77.8 Å². The summed E-state index contributed by atoms with van der Waals surface area (Å²) in [5, 5.41) is 14.2. The zero-order valence-corrected chi connectivity index (χ0v) is 28.2. The van der Waals surface area contributed by atoms with Crippen LogP contribution in [-0.2, 0) is 31.1 Å². The van der Waals surface area contributed by atoms with E-state index in [4.69, 9.17) is 16.3 Å². The number of phenols is 1. The SMILES string of the molecule is CCOc1cccc([C@H]2C3=CC[C@@H]4C(=O)N(Cc5cccs5)C(=O)[C@@H]4[C@@H]3C[C@H]3C(=O)N(c4cccc(Cl)c4)C(=O)[C@@]23c2ccccc2)c1O. The number of halogens is 1. The number of anilines is 1. The van der Waals surface area contributed by atoms with Gasteiger partial charge in [0.2, 0.25) is 23.6 Å². The highest BCUT2D eigenvalue weighted by Crippen LogP contribution is 2.65. The standard InChI is InChI=1S/C39H33ClN2O6S/c1-2-48-31-15-7-14-28(34(31)43)33-26-16-17-27-32(37(46)41(35(27)44)21-25-13-8-18-49-25)29(26)20-30-36(45)42(24-12-6-11-23(40)19-24)38(47)39(30,33)22-9-4-3-5-10-22/h3-16,18-19,27,29-30,32-33,43H,2,17,20-21H2,1H3/t27-,29+,30-,32-,33+,39+/m0/s1. The number of thiophene rings is 1. The molecule has 2 aliphatic heterocycles. The number of fused-ring (bicyclic) bond motifs is 4. The first-order chi connectivity index (χ1) is 23.8. The van der Waals surface area contributed by atoms with Crippen LogP contribution >= 0.6 is 22.9 Å².